The first-order valence-electron chi connectivity index (χ1n) is 22.2. The van der Waals surface area contributed by atoms with Gasteiger partial charge in [0.2, 0.25) is 0 Å². The average Bonchev–Trinajstić information content (AvgIpc) is 3.37. The molecule has 2 atom stereocenters. The molecule has 0 saturated carbocycles. The lowest BCUT2D eigenvalue weighted by Crippen LogP contribution is -2.30. The number of hydrogen-bond donors (Lipinski definition) is 0. The van der Waals surface area contributed by atoms with Gasteiger partial charge in [0.05, 0.1) is 6.04 Å². The van der Waals surface area contributed by atoms with Crippen LogP contribution in [0.15, 0.2) is 254 Å². The summed E-state index contributed by atoms with van der Waals surface area (Å²) in [5.74, 6) is 0.322. The van der Waals surface area contributed by atoms with Gasteiger partial charge in [0.1, 0.15) is 0 Å². The molecule has 0 N–H and O–H groups in total. The molecule has 8 aromatic rings. The molecule has 2 nitrogen and oxygen atoms in total. The SMILES string of the molecule is CC1CC(c2ccccc2)=CC=C1N(c1ccc(-c2ccccc2)cc1)c1ccc(-c2ccc(N(c3ccc(-c4ccccc4)cc3)C3C=CC(c4ccccc4)=CC3)cc2)cc1. The van der Waals surface area contributed by atoms with E-state index >= 15 is 0 Å². The Hall–Kier alpha value is -7.68. The van der Waals surface area contributed by atoms with Crippen LogP contribution in [0.4, 0.5) is 22.7 Å². The number of anilines is 4. The first kappa shape index (κ1) is 39.5. The maximum Gasteiger partial charge on any atom is 0.0560 e. The Bertz CT molecular complexity index is 2890. The maximum atomic E-state index is 2.48. The van der Waals surface area contributed by atoms with Gasteiger partial charge >= 0.3 is 0 Å². The summed E-state index contributed by atoms with van der Waals surface area (Å²) < 4.78 is 0. The van der Waals surface area contributed by atoms with Crippen molar-refractivity contribution in [1.29, 1.82) is 0 Å². The Balaban J connectivity index is 0.951. The number of allylic oxidation sites excluding steroid dienone is 6. The summed E-state index contributed by atoms with van der Waals surface area (Å²) in [6, 6.07) is 79.1. The highest BCUT2D eigenvalue weighted by Crippen LogP contribution is 2.41. The molecule has 0 aliphatic heterocycles. The van der Waals surface area contributed by atoms with Crippen molar-refractivity contribution in [3.05, 3.63) is 266 Å². The molecule has 63 heavy (non-hydrogen) atoms. The van der Waals surface area contributed by atoms with Crippen molar-refractivity contribution in [2.45, 2.75) is 25.8 Å². The molecule has 0 spiro atoms. The second-order valence-corrected chi connectivity index (χ2v) is 16.6. The first-order valence-corrected chi connectivity index (χ1v) is 22.2. The molecule has 2 heteroatoms. The van der Waals surface area contributed by atoms with Crippen molar-refractivity contribution < 1.29 is 0 Å². The standard InChI is InChI=1S/C61H50N2/c1-45-44-55(49-20-12-5-13-21-49)32-43-61(45)63(59-39-28-52(29-40-59)48-18-10-4-11-19-48)60-41-30-54(31-42-60)53-26-37-58(38-27-53)62(56-33-22-50(23-34-56)46-14-6-2-7-15-46)57-35-24-51(25-36-57)47-16-8-3-9-17-47/h2-35,37-43,45,57H,36,44H2,1H3. The third kappa shape index (κ3) is 8.62. The molecule has 0 radical (unpaired) electrons. The highest BCUT2D eigenvalue weighted by Gasteiger charge is 2.25. The van der Waals surface area contributed by atoms with Gasteiger partial charge in [0.15, 0.2) is 0 Å². The number of rotatable bonds is 11. The third-order valence-electron chi connectivity index (χ3n) is 12.5. The zero-order valence-corrected chi connectivity index (χ0v) is 35.6. The van der Waals surface area contributed by atoms with E-state index in [-0.39, 0.29) is 6.04 Å². The predicted octanol–water partition coefficient (Wildman–Crippen LogP) is 16.4. The minimum absolute atomic E-state index is 0.174. The Morgan fingerprint density at radius 1 is 0.381 bits per heavy atom. The fraction of sp³-hybridized carbons (Fsp3) is 0.0820. The van der Waals surface area contributed by atoms with Crippen LogP contribution in [0.3, 0.4) is 0 Å². The van der Waals surface area contributed by atoms with Crippen LogP contribution in [0.25, 0.3) is 44.5 Å². The van der Waals surface area contributed by atoms with Gasteiger partial charge in [-0.3, -0.25) is 0 Å². The third-order valence-corrected chi connectivity index (χ3v) is 12.5. The summed E-state index contributed by atoms with van der Waals surface area (Å²) in [5.41, 5.74) is 18.4. The topological polar surface area (TPSA) is 6.48 Å². The first-order chi connectivity index (χ1) is 31.1. The van der Waals surface area contributed by atoms with Crippen molar-refractivity contribution in [2.24, 2.45) is 5.92 Å². The monoisotopic (exact) mass is 810 g/mol. The molecule has 8 aromatic carbocycles. The summed E-state index contributed by atoms with van der Waals surface area (Å²) in [4.78, 5) is 4.93. The summed E-state index contributed by atoms with van der Waals surface area (Å²) in [7, 11) is 0. The Kier molecular flexibility index (Phi) is 11.3. The molecule has 2 unspecified atom stereocenters. The van der Waals surface area contributed by atoms with E-state index in [9.17, 15) is 0 Å². The smallest absolute Gasteiger partial charge is 0.0560 e. The van der Waals surface area contributed by atoms with Crippen LogP contribution >= 0.6 is 0 Å². The lowest BCUT2D eigenvalue weighted by molar-refractivity contribution is 0.680. The van der Waals surface area contributed by atoms with E-state index in [1.807, 2.05) is 0 Å². The quantitative estimate of drug-likeness (QED) is 0.128. The number of nitrogens with zero attached hydrogens (tertiary/aromatic N) is 2. The lowest BCUT2D eigenvalue weighted by Gasteiger charge is -2.34. The highest BCUT2D eigenvalue weighted by molar-refractivity contribution is 5.80. The van der Waals surface area contributed by atoms with Gasteiger partial charge in [0, 0.05) is 34.4 Å². The van der Waals surface area contributed by atoms with E-state index in [0.717, 1.165) is 24.2 Å². The second-order valence-electron chi connectivity index (χ2n) is 16.6. The fourth-order valence-electron chi connectivity index (χ4n) is 9.13. The summed E-state index contributed by atoms with van der Waals surface area (Å²) in [6.07, 6.45) is 13.6. The Morgan fingerprint density at radius 3 is 1.16 bits per heavy atom. The zero-order chi connectivity index (χ0) is 42.4. The van der Waals surface area contributed by atoms with Gasteiger partial charge in [-0.25, -0.2) is 0 Å². The molecule has 10 rings (SSSR count). The normalized spacial score (nSPS) is 15.8. The molecule has 0 bridgehead atoms. The largest absolute Gasteiger partial charge is 0.334 e. The summed E-state index contributed by atoms with van der Waals surface area (Å²) >= 11 is 0. The summed E-state index contributed by atoms with van der Waals surface area (Å²) in [6.45, 7) is 2.35. The van der Waals surface area contributed by atoms with Gasteiger partial charge < -0.3 is 9.80 Å². The number of benzene rings is 8. The lowest BCUT2D eigenvalue weighted by atomic mass is 9.87. The van der Waals surface area contributed by atoms with E-state index in [1.54, 1.807) is 0 Å². The minimum Gasteiger partial charge on any atom is -0.334 e. The maximum absolute atomic E-state index is 2.48. The van der Waals surface area contributed by atoms with Gasteiger partial charge in [-0.2, -0.15) is 0 Å². The molecule has 0 heterocycles. The molecule has 0 amide bonds. The zero-order valence-electron chi connectivity index (χ0n) is 35.6. The predicted molar refractivity (Wildman–Crippen MR) is 268 cm³/mol. The van der Waals surface area contributed by atoms with Crippen LogP contribution in [0.2, 0.25) is 0 Å². The molecule has 0 fully saturated rings. The molecule has 304 valence electrons. The van der Waals surface area contributed by atoms with Crippen LogP contribution in [-0.4, -0.2) is 6.04 Å². The van der Waals surface area contributed by atoms with Crippen LogP contribution in [0, 0.1) is 5.92 Å². The van der Waals surface area contributed by atoms with E-state index < -0.39 is 0 Å². The molecule has 2 aliphatic rings. The average molecular weight is 811 g/mol. The van der Waals surface area contributed by atoms with Gasteiger partial charge in [-0.15, -0.1) is 0 Å². The fourth-order valence-corrected chi connectivity index (χ4v) is 9.13. The molecule has 0 saturated heterocycles. The Morgan fingerprint density at radius 2 is 0.762 bits per heavy atom. The van der Waals surface area contributed by atoms with Crippen LogP contribution in [0.1, 0.15) is 30.9 Å². The van der Waals surface area contributed by atoms with E-state index in [0.29, 0.717) is 5.92 Å². The minimum atomic E-state index is 0.174. The molecule has 2 aliphatic carbocycles. The van der Waals surface area contributed by atoms with Gasteiger partial charge in [-0.1, -0.05) is 201 Å². The van der Waals surface area contributed by atoms with Crippen molar-refractivity contribution in [1.82, 2.24) is 0 Å². The second kappa shape index (κ2) is 18.1. The van der Waals surface area contributed by atoms with Crippen molar-refractivity contribution in [3.63, 3.8) is 0 Å². The molecular weight excluding hydrogens is 761 g/mol. The van der Waals surface area contributed by atoms with Crippen LogP contribution in [0.5, 0.6) is 0 Å². The van der Waals surface area contributed by atoms with Crippen LogP contribution in [-0.2, 0) is 0 Å². The summed E-state index contributed by atoms with van der Waals surface area (Å²) in [5, 5.41) is 0. The molecular formula is C61H50N2. The van der Waals surface area contributed by atoms with E-state index in [1.165, 1.54) is 72.7 Å². The van der Waals surface area contributed by atoms with Gasteiger partial charge in [-0.05, 0) is 123 Å². The van der Waals surface area contributed by atoms with Crippen LogP contribution < -0.4 is 9.80 Å². The van der Waals surface area contributed by atoms with Crippen molar-refractivity contribution in [3.8, 4) is 33.4 Å². The Labute approximate surface area is 372 Å². The van der Waals surface area contributed by atoms with Gasteiger partial charge in [0.25, 0.3) is 0 Å². The number of hydrogen-bond acceptors (Lipinski definition) is 2. The van der Waals surface area contributed by atoms with E-state index in [4.69, 9.17) is 0 Å². The molecule has 0 aromatic heterocycles. The van der Waals surface area contributed by atoms with E-state index in [2.05, 4.69) is 265 Å². The van der Waals surface area contributed by atoms with Crippen molar-refractivity contribution >= 4 is 33.9 Å². The van der Waals surface area contributed by atoms with Crippen molar-refractivity contribution in [2.75, 3.05) is 9.80 Å². The highest BCUT2D eigenvalue weighted by atomic mass is 15.2.